The van der Waals surface area contributed by atoms with E-state index in [1.165, 1.54) is 0 Å². The van der Waals surface area contributed by atoms with Gasteiger partial charge in [0.15, 0.2) is 5.69 Å². The molecular formula is C20H25N3O2. The van der Waals surface area contributed by atoms with Gasteiger partial charge in [-0.25, -0.2) is 0 Å². The molecule has 5 heteroatoms. The number of hydrogen-bond donors (Lipinski definition) is 1. The Morgan fingerprint density at radius 1 is 1.24 bits per heavy atom. The number of benzene rings is 1. The van der Waals surface area contributed by atoms with Crippen molar-refractivity contribution < 1.29 is 9.53 Å². The maximum atomic E-state index is 13.2. The third-order valence-electron chi connectivity index (χ3n) is 5.34. The lowest BCUT2D eigenvalue weighted by Crippen LogP contribution is -2.48. The highest BCUT2D eigenvalue weighted by atomic mass is 16.5. The van der Waals surface area contributed by atoms with Crippen LogP contribution in [-0.4, -0.2) is 40.2 Å². The molecule has 0 radical (unpaired) electrons. The summed E-state index contributed by atoms with van der Waals surface area (Å²) in [5.74, 6) is 0.390. The molecule has 132 valence electrons. The molecule has 0 bridgehead atoms. The van der Waals surface area contributed by atoms with Crippen LogP contribution in [0, 0.1) is 5.92 Å². The van der Waals surface area contributed by atoms with Crippen LogP contribution in [-0.2, 0) is 17.6 Å². The van der Waals surface area contributed by atoms with E-state index in [1.54, 1.807) is 0 Å². The Hall–Kier alpha value is -2.14. The molecule has 0 unspecified atom stereocenters. The van der Waals surface area contributed by atoms with Gasteiger partial charge in [0.25, 0.3) is 5.91 Å². The number of amides is 1. The molecular weight excluding hydrogens is 314 g/mol. The van der Waals surface area contributed by atoms with Gasteiger partial charge in [-0.1, -0.05) is 44.2 Å². The molecule has 1 aromatic carbocycles. The van der Waals surface area contributed by atoms with Gasteiger partial charge in [-0.15, -0.1) is 0 Å². The third-order valence-corrected chi connectivity index (χ3v) is 5.34. The van der Waals surface area contributed by atoms with Crippen molar-refractivity contribution >= 4 is 5.91 Å². The van der Waals surface area contributed by atoms with Crippen molar-refractivity contribution in [2.45, 2.75) is 45.3 Å². The first-order valence-corrected chi connectivity index (χ1v) is 9.19. The van der Waals surface area contributed by atoms with E-state index in [0.29, 0.717) is 24.7 Å². The highest BCUT2D eigenvalue weighted by Gasteiger charge is 2.35. The lowest BCUT2D eigenvalue weighted by atomic mass is 10.0. The number of carbonyl (C=O) groups is 1. The summed E-state index contributed by atoms with van der Waals surface area (Å²) in [6.07, 6.45) is 3.01. The van der Waals surface area contributed by atoms with Crippen LogP contribution in [0.2, 0.25) is 0 Å². The number of rotatable bonds is 3. The summed E-state index contributed by atoms with van der Waals surface area (Å²) in [5.41, 5.74) is 3.99. The zero-order valence-corrected chi connectivity index (χ0v) is 14.9. The van der Waals surface area contributed by atoms with E-state index < -0.39 is 0 Å². The Bertz CT molecular complexity index is 754. The Morgan fingerprint density at radius 2 is 2.04 bits per heavy atom. The lowest BCUT2D eigenvalue weighted by Gasteiger charge is -2.39. The molecule has 0 spiro atoms. The third kappa shape index (κ3) is 3.09. The van der Waals surface area contributed by atoms with Gasteiger partial charge in [0.05, 0.1) is 12.6 Å². The largest absolute Gasteiger partial charge is 0.366 e. The molecule has 5 nitrogen and oxygen atoms in total. The van der Waals surface area contributed by atoms with Gasteiger partial charge in [-0.3, -0.25) is 9.89 Å². The predicted molar refractivity (Wildman–Crippen MR) is 95.4 cm³/mol. The average Bonchev–Trinajstić information content (AvgIpc) is 3.25. The van der Waals surface area contributed by atoms with Gasteiger partial charge < -0.3 is 9.64 Å². The second-order valence-electron chi connectivity index (χ2n) is 7.41. The summed E-state index contributed by atoms with van der Waals surface area (Å²) in [5, 5.41) is 7.38. The Balaban J connectivity index is 1.60. The van der Waals surface area contributed by atoms with Crippen LogP contribution < -0.4 is 0 Å². The molecule has 1 saturated heterocycles. The normalized spacial score (nSPS) is 23.1. The number of ether oxygens (including phenoxy) is 1. The minimum atomic E-state index is -0.0849. The van der Waals surface area contributed by atoms with Crippen molar-refractivity contribution in [1.29, 1.82) is 0 Å². The summed E-state index contributed by atoms with van der Waals surface area (Å²) in [6, 6.07) is 10.2. The van der Waals surface area contributed by atoms with Crippen molar-refractivity contribution in [1.82, 2.24) is 15.1 Å². The number of nitrogens with zero attached hydrogens (tertiary/aromatic N) is 2. The van der Waals surface area contributed by atoms with Crippen LogP contribution in [0.25, 0.3) is 0 Å². The van der Waals surface area contributed by atoms with E-state index in [-0.39, 0.29) is 18.1 Å². The van der Waals surface area contributed by atoms with E-state index in [9.17, 15) is 4.79 Å². The second-order valence-corrected chi connectivity index (χ2v) is 7.41. The number of nitrogens with one attached hydrogen (secondary N) is 1. The molecule has 1 amide bonds. The first kappa shape index (κ1) is 16.3. The SMILES string of the molecule is CC(C)[C@H]1CN(C(=O)c2n[nH]c3c2CCC3)C[C@@H](c2ccccc2)O1. The number of fused-ring (bicyclic) bond motifs is 1. The van der Waals surface area contributed by atoms with Gasteiger partial charge >= 0.3 is 0 Å². The molecule has 1 fully saturated rings. The quantitative estimate of drug-likeness (QED) is 0.934. The van der Waals surface area contributed by atoms with Crippen LogP contribution in [0.1, 0.15) is 53.7 Å². The van der Waals surface area contributed by atoms with E-state index in [4.69, 9.17) is 4.74 Å². The van der Waals surface area contributed by atoms with Crippen molar-refractivity contribution in [3.63, 3.8) is 0 Å². The number of hydrogen-bond acceptors (Lipinski definition) is 3. The maximum absolute atomic E-state index is 13.2. The monoisotopic (exact) mass is 339 g/mol. The molecule has 1 aliphatic heterocycles. The molecule has 2 heterocycles. The summed E-state index contributed by atoms with van der Waals surface area (Å²) < 4.78 is 6.30. The Morgan fingerprint density at radius 3 is 2.80 bits per heavy atom. The topological polar surface area (TPSA) is 58.2 Å². The number of aromatic amines is 1. The summed E-state index contributed by atoms with van der Waals surface area (Å²) >= 11 is 0. The van der Waals surface area contributed by atoms with Gasteiger partial charge in [0.2, 0.25) is 0 Å². The molecule has 0 saturated carbocycles. The van der Waals surface area contributed by atoms with E-state index in [2.05, 4.69) is 36.2 Å². The van der Waals surface area contributed by atoms with Crippen LogP contribution in [0.4, 0.5) is 0 Å². The zero-order chi connectivity index (χ0) is 17.4. The Kier molecular flexibility index (Phi) is 4.34. The molecule has 1 aliphatic carbocycles. The molecule has 25 heavy (non-hydrogen) atoms. The summed E-state index contributed by atoms with van der Waals surface area (Å²) in [4.78, 5) is 15.1. The highest BCUT2D eigenvalue weighted by molar-refractivity contribution is 5.94. The molecule has 2 atom stereocenters. The van der Waals surface area contributed by atoms with E-state index >= 15 is 0 Å². The first-order chi connectivity index (χ1) is 12.1. The van der Waals surface area contributed by atoms with Gasteiger partial charge in [0, 0.05) is 17.8 Å². The van der Waals surface area contributed by atoms with Crippen LogP contribution >= 0.6 is 0 Å². The van der Waals surface area contributed by atoms with Crippen LogP contribution in [0.15, 0.2) is 30.3 Å². The minimum absolute atomic E-state index is 0.0364. The number of H-pyrrole nitrogens is 1. The van der Waals surface area contributed by atoms with Crippen molar-refractivity contribution in [2.24, 2.45) is 5.92 Å². The molecule has 1 aromatic heterocycles. The standard InChI is InChI=1S/C20H25N3O2/c1-13(2)17-11-23(12-18(25-17)14-7-4-3-5-8-14)20(24)19-15-9-6-10-16(15)21-22-19/h3-5,7-8,13,17-18H,6,9-12H2,1-2H3,(H,21,22)/t17-,18+/m1/s1. The number of morpholine rings is 1. The smallest absolute Gasteiger partial charge is 0.274 e. The van der Waals surface area contributed by atoms with Gasteiger partial charge in [0.1, 0.15) is 6.10 Å². The van der Waals surface area contributed by atoms with E-state index in [1.807, 2.05) is 23.1 Å². The van der Waals surface area contributed by atoms with E-state index in [0.717, 1.165) is 36.1 Å². The average molecular weight is 339 g/mol. The minimum Gasteiger partial charge on any atom is -0.366 e. The Labute approximate surface area is 148 Å². The van der Waals surface area contributed by atoms with Crippen molar-refractivity contribution in [2.75, 3.05) is 13.1 Å². The first-order valence-electron chi connectivity index (χ1n) is 9.19. The fourth-order valence-electron chi connectivity index (χ4n) is 3.82. The summed E-state index contributed by atoms with van der Waals surface area (Å²) in [7, 11) is 0. The summed E-state index contributed by atoms with van der Waals surface area (Å²) in [6.45, 7) is 5.50. The molecule has 1 N–H and O–H groups in total. The zero-order valence-electron chi connectivity index (χ0n) is 14.9. The molecule has 4 rings (SSSR count). The van der Waals surface area contributed by atoms with Crippen LogP contribution in [0.3, 0.4) is 0 Å². The number of aryl methyl sites for hydroxylation is 1. The molecule has 2 aliphatic rings. The van der Waals surface area contributed by atoms with Gasteiger partial charge in [-0.2, -0.15) is 5.10 Å². The number of carbonyl (C=O) groups excluding carboxylic acids is 1. The van der Waals surface area contributed by atoms with Gasteiger partial charge in [-0.05, 0) is 30.7 Å². The lowest BCUT2D eigenvalue weighted by molar-refractivity contribution is -0.0955. The second kappa shape index (κ2) is 6.64. The maximum Gasteiger partial charge on any atom is 0.274 e. The predicted octanol–water partition coefficient (Wildman–Crippen LogP) is 3.14. The van der Waals surface area contributed by atoms with Crippen molar-refractivity contribution in [3.05, 3.63) is 52.8 Å². The fourth-order valence-corrected chi connectivity index (χ4v) is 3.82. The number of aromatic nitrogens is 2. The van der Waals surface area contributed by atoms with Crippen molar-refractivity contribution in [3.8, 4) is 0 Å². The fraction of sp³-hybridized carbons (Fsp3) is 0.500. The molecule has 2 aromatic rings. The van der Waals surface area contributed by atoms with Crippen LogP contribution in [0.5, 0.6) is 0 Å². The highest BCUT2D eigenvalue weighted by Crippen LogP contribution is 2.30.